The molecule has 3 rings (SSSR count). The second kappa shape index (κ2) is 8.29. The Bertz CT molecular complexity index is 898. The lowest BCUT2D eigenvalue weighted by Crippen LogP contribution is -2.27. The molecule has 0 saturated heterocycles. The molecular weight excluding hydrogens is 364 g/mol. The number of benzene rings is 2. The molecule has 0 aliphatic carbocycles. The number of ether oxygens (including phenoxy) is 2. The fourth-order valence-corrected chi connectivity index (χ4v) is 4.84. The first-order valence-electron chi connectivity index (χ1n) is 8.96. The molecular formula is C20H26N2O4S. The Labute approximate surface area is 161 Å². The molecule has 0 saturated carbocycles. The fraction of sp³-hybridized carbons (Fsp3) is 0.400. The maximum Gasteiger partial charge on any atom is 0.246 e. The van der Waals surface area contributed by atoms with Crippen molar-refractivity contribution in [2.45, 2.75) is 24.3 Å². The fourth-order valence-electron chi connectivity index (χ4n) is 3.49. The molecule has 7 heteroatoms. The summed E-state index contributed by atoms with van der Waals surface area (Å²) in [5.41, 5.74) is 2.85. The van der Waals surface area contributed by atoms with Gasteiger partial charge in [-0.3, -0.25) is 0 Å². The number of hydrogen-bond donors (Lipinski definition) is 1. The molecule has 2 aromatic carbocycles. The molecule has 1 aliphatic heterocycles. The average molecular weight is 391 g/mol. The molecule has 0 amide bonds. The highest BCUT2D eigenvalue weighted by Crippen LogP contribution is 2.39. The van der Waals surface area contributed by atoms with Crippen molar-refractivity contribution in [3.8, 4) is 11.5 Å². The van der Waals surface area contributed by atoms with Gasteiger partial charge in [-0.05, 0) is 31.5 Å². The lowest BCUT2D eigenvalue weighted by atomic mass is 10.0. The van der Waals surface area contributed by atoms with Crippen LogP contribution in [-0.2, 0) is 29.4 Å². The second-order valence-corrected chi connectivity index (χ2v) is 8.58. The van der Waals surface area contributed by atoms with Gasteiger partial charge in [0.05, 0.1) is 14.2 Å². The highest BCUT2D eigenvalue weighted by molar-refractivity contribution is 7.89. The first kappa shape index (κ1) is 19.7. The van der Waals surface area contributed by atoms with Crippen LogP contribution in [0.2, 0.25) is 0 Å². The smallest absolute Gasteiger partial charge is 0.246 e. The van der Waals surface area contributed by atoms with Crippen molar-refractivity contribution in [1.29, 1.82) is 0 Å². The van der Waals surface area contributed by atoms with Crippen molar-refractivity contribution >= 4 is 10.0 Å². The van der Waals surface area contributed by atoms with E-state index in [1.807, 2.05) is 30.3 Å². The lowest BCUT2D eigenvalue weighted by Gasteiger charge is -2.23. The Balaban J connectivity index is 2.07. The molecule has 0 aromatic heterocycles. The molecule has 2 aromatic rings. The van der Waals surface area contributed by atoms with Crippen LogP contribution >= 0.6 is 0 Å². The van der Waals surface area contributed by atoms with E-state index >= 15 is 0 Å². The van der Waals surface area contributed by atoms with Crippen LogP contribution in [0, 0.1) is 0 Å². The molecule has 1 N–H and O–H groups in total. The van der Waals surface area contributed by atoms with E-state index in [1.54, 1.807) is 20.2 Å². The Morgan fingerprint density at radius 1 is 1.04 bits per heavy atom. The van der Waals surface area contributed by atoms with Crippen LogP contribution in [0.1, 0.15) is 16.7 Å². The molecule has 27 heavy (non-hydrogen) atoms. The van der Waals surface area contributed by atoms with Gasteiger partial charge in [0.25, 0.3) is 0 Å². The van der Waals surface area contributed by atoms with Gasteiger partial charge >= 0.3 is 0 Å². The van der Waals surface area contributed by atoms with Crippen molar-refractivity contribution in [3.63, 3.8) is 0 Å². The maximum absolute atomic E-state index is 13.3. The number of fused-ring (bicyclic) bond motifs is 1. The van der Waals surface area contributed by atoms with E-state index in [0.29, 0.717) is 17.9 Å². The van der Waals surface area contributed by atoms with Crippen LogP contribution in [0.3, 0.4) is 0 Å². The van der Waals surface area contributed by atoms with Crippen molar-refractivity contribution in [1.82, 2.24) is 9.62 Å². The van der Waals surface area contributed by atoms with Crippen LogP contribution in [0.15, 0.2) is 41.3 Å². The second-order valence-electron chi connectivity index (χ2n) is 6.56. The molecule has 1 aliphatic rings. The third-order valence-electron chi connectivity index (χ3n) is 4.89. The zero-order valence-electron chi connectivity index (χ0n) is 16.0. The summed E-state index contributed by atoms with van der Waals surface area (Å²) in [5, 5.41) is 3.34. The van der Waals surface area contributed by atoms with Gasteiger partial charge in [-0.2, -0.15) is 4.31 Å². The maximum atomic E-state index is 13.3. The summed E-state index contributed by atoms with van der Waals surface area (Å²) in [4.78, 5) is 0.154. The Morgan fingerprint density at radius 3 is 2.33 bits per heavy atom. The number of hydrogen-bond acceptors (Lipinski definition) is 5. The molecule has 0 unspecified atom stereocenters. The van der Waals surface area contributed by atoms with Crippen LogP contribution < -0.4 is 14.8 Å². The normalized spacial score (nSPS) is 14.5. The lowest BCUT2D eigenvalue weighted by molar-refractivity contribution is 0.380. The van der Waals surface area contributed by atoms with Crippen LogP contribution in [0.25, 0.3) is 0 Å². The Hall–Kier alpha value is -2.09. The van der Waals surface area contributed by atoms with E-state index in [9.17, 15) is 8.42 Å². The third-order valence-corrected chi connectivity index (χ3v) is 6.69. The van der Waals surface area contributed by atoms with Gasteiger partial charge < -0.3 is 14.8 Å². The van der Waals surface area contributed by atoms with Crippen LogP contribution in [0.4, 0.5) is 0 Å². The third kappa shape index (κ3) is 3.95. The predicted molar refractivity (Wildman–Crippen MR) is 105 cm³/mol. The topological polar surface area (TPSA) is 67.9 Å². The summed E-state index contributed by atoms with van der Waals surface area (Å²) in [6.45, 7) is 1.88. The largest absolute Gasteiger partial charge is 0.496 e. The van der Waals surface area contributed by atoms with Crippen molar-refractivity contribution in [3.05, 3.63) is 53.1 Å². The molecule has 0 spiro atoms. The van der Waals surface area contributed by atoms with E-state index in [0.717, 1.165) is 36.2 Å². The van der Waals surface area contributed by atoms with E-state index in [2.05, 4.69) is 5.32 Å². The molecule has 0 fully saturated rings. The van der Waals surface area contributed by atoms with Gasteiger partial charge in [0.15, 0.2) is 0 Å². The molecule has 1 heterocycles. The van der Waals surface area contributed by atoms with E-state index < -0.39 is 10.0 Å². The molecule has 6 nitrogen and oxygen atoms in total. The summed E-state index contributed by atoms with van der Waals surface area (Å²) in [5.74, 6) is 1.02. The monoisotopic (exact) mass is 390 g/mol. The summed E-state index contributed by atoms with van der Waals surface area (Å²) >= 11 is 0. The number of rotatable bonds is 6. The Morgan fingerprint density at radius 2 is 1.70 bits per heavy atom. The molecule has 146 valence electrons. The van der Waals surface area contributed by atoms with E-state index in [-0.39, 0.29) is 11.4 Å². The molecule has 0 atom stereocenters. The summed E-state index contributed by atoms with van der Waals surface area (Å²) in [7, 11) is 0.933. The number of sulfonamides is 1. The van der Waals surface area contributed by atoms with Crippen molar-refractivity contribution in [2.24, 2.45) is 0 Å². The van der Waals surface area contributed by atoms with Crippen LogP contribution in [-0.4, -0.2) is 47.1 Å². The highest BCUT2D eigenvalue weighted by atomic mass is 32.2. The van der Waals surface area contributed by atoms with Crippen molar-refractivity contribution in [2.75, 3.05) is 34.4 Å². The number of methoxy groups -OCH3 is 2. The van der Waals surface area contributed by atoms with E-state index in [4.69, 9.17) is 9.47 Å². The standard InChI is InChI=1S/C20H26N2O4S/c1-22(14-15-7-5-4-6-8-15)27(23,24)19-13-18(25-2)16-9-11-21-12-10-17(16)20(19)26-3/h4-8,13,21H,9-12,14H2,1-3H3. The molecule has 0 bridgehead atoms. The molecule has 0 radical (unpaired) electrons. The minimum Gasteiger partial charge on any atom is -0.496 e. The zero-order chi connectivity index (χ0) is 19.4. The SMILES string of the molecule is COc1cc(S(=O)(=O)N(C)Cc2ccccc2)c(OC)c2c1CCNCC2. The van der Waals surface area contributed by atoms with Gasteiger partial charge in [0.2, 0.25) is 10.0 Å². The number of nitrogens with zero attached hydrogens (tertiary/aromatic N) is 1. The number of nitrogens with one attached hydrogen (secondary N) is 1. The average Bonchev–Trinajstić information content (AvgIpc) is 2.93. The predicted octanol–water partition coefficient (Wildman–Crippen LogP) is 2.21. The van der Waals surface area contributed by atoms with Gasteiger partial charge in [0.1, 0.15) is 16.4 Å². The van der Waals surface area contributed by atoms with Crippen molar-refractivity contribution < 1.29 is 17.9 Å². The van der Waals surface area contributed by atoms with Gasteiger partial charge in [-0.25, -0.2) is 8.42 Å². The zero-order valence-corrected chi connectivity index (χ0v) is 16.8. The summed E-state index contributed by atoms with van der Waals surface area (Å²) in [6, 6.07) is 11.1. The quantitative estimate of drug-likeness (QED) is 0.819. The van der Waals surface area contributed by atoms with Gasteiger partial charge in [-0.1, -0.05) is 30.3 Å². The van der Waals surface area contributed by atoms with Gasteiger partial charge in [0, 0.05) is 30.8 Å². The highest BCUT2D eigenvalue weighted by Gasteiger charge is 2.30. The first-order chi connectivity index (χ1) is 13.0. The van der Waals surface area contributed by atoms with Gasteiger partial charge in [-0.15, -0.1) is 0 Å². The summed E-state index contributed by atoms with van der Waals surface area (Å²) in [6.07, 6.45) is 1.47. The minimum atomic E-state index is -3.75. The minimum absolute atomic E-state index is 0.154. The van der Waals surface area contributed by atoms with E-state index in [1.165, 1.54) is 11.4 Å². The summed E-state index contributed by atoms with van der Waals surface area (Å²) < 4.78 is 39.1. The van der Waals surface area contributed by atoms with Crippen LogP contribution in [0.5, 0.6) is 11.5 Å². The Kier molecular flexibility index (Phi) is 6.04. The first-order valence-corrected chi connectivity index (χ1v) is 10.4.